The molecule has 0 spiro atoms. The molecule has 5 nitrogen and oxygen atoms in total. The third-order valence-electron chi connectivity index (χ3n) is 5.05. The van der Waals surface area contributed by atoms with Crippen LogP contribution < -0.4 is 4.74 Å². The molecular weight excluding hydrogens is 304 g/mol. The smallest absolute Gasteiger partial charge is 0.227 e. The lowest BCUT2D eigenvalue weighted by atomic mass is 9.96. The molecular formula is C19H24N2O3. The molecule has 2 aliphatic rings. The Morgan fingerprint density at radius 1 is 1.29 bits per heavy atom. The average Bonchev–Trinajstić information content (AvgIpc) is 3.02. The van der Waals surface area contributed by atoms with Crippen LogP contribution in [0.1, 0.15) is 24.8 Å². The van der Waals surface area contributed by atoms with Gasteiger partial charge in [-0.15, -0.1) is 6.58 Å². The van der Waals surface area contributed by atoms with Gasteiger partial charge in [0.15, 0.2) is 0 Å². The van der Waals surface area contributed by atoms with Crippen LogP contribution in [0.15, 0.2) is 36.9 Å². The van der Waals surface area contributed by atoms with Gasteiger partial charge in [-0.2, -0.15) is 0 Å². The number of carbonyl (C=O) groups is 2. The van der Waals surface area contributed by atoms with Gasteiger partial charge in [0, 0.05) is 19.5 Å². The van der Waals surface area contributed by atoms with Crippen molar-refractivity contribution in [3.05, 3.63) is 42.5 Å². The number of hydrogen-bond acceptors (Lipinski definition) is 3. The summed E-state index contributed by atoms with van der Waals surface area (Å²) in [6.07, 6.45) is 4.30. The van der Waals surface area contributed by atoms with Crippen LogP contribution in [0.25, 0.3) is 0 Å². The van der Waals surface area contributed by atoms with Gasteiger partial charge >= 0.3 is 0 Å². The van der Waals surface area contributed by atoms with Crippen molar-refractivity contribution in [1.82, 2.24) is 9.80 Å². The van der Waals surface area contributed by atoms with Crippen molar-refractivity contribution in [2.75, 3.05) is 20.2 Å². The number of methoxy groups -OCH3 is 1. The Balaban J connectivity index is 1.67. The minimum Gasteiger partial charge on any atom is -0.497 e. The van der Waals surface area contributed by atoms with Crippen LogP contribution in [-0.4, -0.2) is 53.9 Å². The van der Waals surface area contributed by atoms with Crippen LogP contribution in [0.4, 0.5) is 0 Å². The number of carbonyl (C=O) groups excluding carboxylic acids is 2. The monoisotopic (exact) mass is 328 g/mol. The van der Waals surface area contributed by atoms with Gasteiger partial charge in [-0.1, -0.05) is 18.2 Å². The summed E-state index contributed by atoms with van der Waals surface area (Å²) in [6.45, 7) is 5.04. The number of fused-ring (bicyclic) bond motifs is 1. The molecule has 5 heteroatoms. The molecule has 2 amide bonds. The maximum atomic E-state index is 12.7. The molecule has 1 aromatic rings. The first-order valence-electron chi connectivity index (χ1n) is 8.47. The van der Waals surface area contributed by atoms with E-state index in [2.05, 4.69) is 6.58 Å². The van der Waals surface area contributed by atoms with Crippen LogP contribution >= 0.6 is 0 Å². The highest BCUT2D eigenvalue weighted by Gasteiger charge is 2.44. The quantitative estimate of drug-likeness (QED) is 0.777. The first kappa shape index (κ1) is 16.6. The Morgan fingerprint density at radius 3 is 2.71 bits per heavy atom. The number of rotatable bonds is 5. The van der Waals surface area contributed by atoms with Crippen molar-refractivity contribution in [3.63, 3.8) is 0 Å². The van der Waals surface area contributed by atoms with Gasteiger partial charge in [0.2, 0.25) is 11.8 Å². The highest BCUT2D eigenvalue weighted by atomic mass is 16.5. The van der Waals surface area contributed by atoms with Crippen molar-refractivity contribution < 1.29 is 14.3 Å². The van der Waals surface area contributed by atoms with Gasteiger partial charge in [-0.05, 0) is 30.5 Å². The van der Waals surface area contributed by atoms with E-state index in [0.717, 1.165) is 30.7 Å². The topological polar surface area (TPSA) is 49.9 Å². The fourth-order valence-electron chi connectivity index (χ4n) is 3.85. The second-order valence-corrected chi connectivity index (χ2v) is 6.41. The van der Waals surface area contributed by atoms with E-state index in [1.54, 1.807) is 13.2 Å². The average molecular weight is 328 g/mol. The Morgan fingerprint density at radius 2 is 2.04 bits per heavy atom. The lowest BCUT2D eigenvalue weighted by Gasteiger charge is -2.39. The lowest BCUT2D eigenvalue weighted by molar-refractivity contribution is -0.141. The Hall–Kier alpha value is -2.30. The van der Waals surface area contributed by atoms with Crippen LogP contribution in [0.2, 0.25) is 0 Å². The minimum atomic E-state index is 0.139. The summed E-state index contributed by atoms with van der Waals surface area (Å²) in [4.78, 5) is 28.7. The zero-order valence-electron chi connectivity index (χ0n) is 14.1. The van der Waals surface area contributed by atoms with Crippen LogP contribution in [0.5, 0.6) is 5.75 Å². The summed E-state index contributed by atoms with van der Waals surface area (Å²) < 4.78 is 5.15. The third kappa shape index (κ3) is 3.16. The fourth-order valence-corrected chi connectivity index (χ4v) is 3.85. The molecule has 0 unspecified atom stereocenters. The number of benzene rings is 1. The zero-order valence-corrected chi connectivity index (χ0v) is 14.1. The maximum absolute atomic E-state index is 12.7. The molecule has 3 rings (SSSR count). The molecule has 0 aromatic heterocycles. The van der Waals surface area contributed by atoms with E-state index < -0.39 is 0 Å². The maximum Gasteiger partial charge on any atom is 0.227 e. The first-order valence-corrected chi connectivity index (χ1v) is 8.47. The molecule has 0 N–H and O–H groups in total. The number of piperidine rings is 1. The highest BCUT2D eigenvalue weighted by Crippen LogP contribution is 2.31. The van der Waals surface area contributed by atoms with Crippen LogP contribution in [0, 0.1) is 0 Å². The Bertz CT molecular complexity index is 626. The molecule has 0 saturated carbocycles. The Labute approximate surface area is 142 Å². The summed E-state index contributed by atoms with van der Waals surface area (Å²) in [6, 6.07) is 7.90. The Kier molecular flexibility index (Phi) is 4.88. The number of ether oxygens (including phenoxy) is 1. The van der Waals surface area contributed by atoms with Crippen molar-refractivity contribution in [2.45, 2.75) is 37.8 Å². The van der Waals surface area contributed by atoms with Crippen LogP contribution in [-0.2, 0) is 16.0 Å². The second kappa shape index (κ2) is 7.07. The molecule has 2 saturated heterocycles. The summed E-state index contributed by atoms with van der Waals surface area (Å²) in [5.41, 5.74) is 0.985. The summed E-state index contributed by atoms with van der Waals surface area (Å²) in [5.74, 6) is 1.11. The van der Waals surface area contributed by atoms with Gasteiger partial charge in [0.05, 0.1) is 25.6 Å². The lowest BCUT2D eigenvalue weighted by Crippen LogP contribution is -2.53. The highest BCUT2D eigenvalue weighted by molar-refractivity contribution is 5.81. The van der Waals surface area contributed by atoms with E-state index in [-0.39, 0.29) is 23.9 Å². The summed E-state index contributed by atoms with van der Waals surface area (Å²) in [5, 5.41) is 0. The van der Waals surface area contributed by atoms with E-state index in [1.807, 2.05) is 34.1 Å². The number of amides is 2. The second-order valence-electron chi connectivity index (χ2n) is 6.41. The molecule has 24 heavy (non-hydrogen) atoms. The zero-order chi connectivity index (χ0) is 17.1. The van der Waals surface area contributed by atoms with E-state index in [1.165, 1.54) is 0 Å². The SMILES string of the molecule is C=CCN1C(=O)CC[C@@H]2[C@H]1CCN2C(=O)Cc1ccc(OC)cc1. The van der Waals surface area contributed by atoms with Crippen molar-refractivity contribution in [2.24, 2.45) is 0 Å². The normalized spacial score (nSPS) is 23.1. The van der Waals surface area contributed by atoms with E-state index >= 15 is 0 Å². The first-order chi connectivity index (χ1) is 11.6. The van der Waals surface area contributed by atoms with Gasteiger partial charge in [0.1, 0.15) is 5.75 Å². The number of likely N-dealkylation sites (tertiary alicyclic amines) is 2. The van der Waals surface area contributed by atoms with Crippen molar-refractivity contribution in [3.8, 4) is 5.75 Å². The molecule has 2 aliphatic heterocycles. The molecule has 128 valence electrons. The predicted octanol–water partition coefficient (Wildman–Crippen LogP) is 2.02. The largest absolute Gasteiger partial charge is 0.497 e. The van der Waals surface area contributed by atoms with E-state index in [0.29, 0.717) is 19.4 Å². The van der Waals surface area contributed by atoms with Gasteiger partial charge in [-0.3, -0.25) is 9.59 Å². The van der Waals surface area contributed by atoms with Gasteiger partial charge in [-0.25, -0.2) is 0 Å². The summed E-state index contributed by atoms with van der Waals surface area (Å²) in [7, 11) is 1.63. The molecule has 0 radical (unpaired) electrons. The van der Waals surface area contributed by atoms with E-state index in [4.69, 9.17) is 4.74 Å². The molecule has 1 aromatic carbocycles. The fraction of sp³-hybridized carbons (Fsp3) is 0.474. The standard InChI is InChI=1S/C19H24N2O3/c1-3-11-20-17-10-12-21(16(17)8-9-18(20)22)19(23)13-14-4-6-15(24-2)7-5-14/h3-7,16-17H,1,8-13H2,2H3/t16-,17-/m1/s1. The molecule has 0 aliphatic carbocycles. The molecule has 2 atom stereocenters. The van der Waals surface area contributed by atoms with Crippen molar-refractivity contribution >= 4 is 11.8 Å². The van der Waals surface area contributed by atoms with Gasteiger partial charge < -0.3 is 14.5 Å². The molecule has 0 bridgehead atoms. The number of nitrogens with zero attached hydrogens (tertiary/aromatic N) is 2. The predicted molar refractivity (Wildman–Crippen MR) is 91.7 cm³/mol. The molecule has 2 fully saturated rings. The van der Waals surface area contributed by atoms with Crippen molar-refractivity contribution in [1.29, 1.82) is 0 Å². The van der Waals surface area contributed by atoms with Crippen LogP contribution in [0.3, 0.4) is 0 Å². The molecule has 2 heterocycles. The van der Waals surface area contributed by atoms with E-state index in [9.17, 15) is 9.59 Å². The van der Waals surface area contributed by atoms with Gasteiger partial charge in [0.25, 0.3) is 0 Å². The minimum absolute atomic E-state index is 0.139. The third-order valence-corrected chi connectivity index (χ3v) is 5.05. The number of hydrogen-bond donors (Lipinski definition) is 0. The summed E-state index contributed by atoms with van der Waals surface area (Å²) >= 11 is 0.